The zero-order chi connectivity index (χ0) is 20.5. The highest BCUT2D eigenvalue weighted by Crippen LogP contribution is 2.40. The molecule has 0 saturated carbocycles. The summed E-state index contributed by atoms with van der Waals surface area (Å²) in [6, 6.07) is 14.6. The molecule has 28 heavy (non-hydrogen) atoms. The number of ether oxygens (including phenoxy) is 1. The standard InChI is InChI=1S/C21H20Cl2N2O2S/c1-13-18(28-15-8-6-5-7-9-15)19(25(24-13)21(2,3)4)27-20(26)16-12-14(22)10-11-17(16)23/h5-12H,1-4H3. The van der Waals surface area contributed by atoms with Crippen LogP contribution in [0.15, 0.2) is 58.3 Å². The average molecular weight is 435 g/mol. The molecule has 0 saturated heterocycles. The van der Waals surface area contributed by atoms with E-state index in [1.165, 1.54) is 17.8 Å². The van der Waals surface area contributed by atoms with Gasteiger partial charge in [0.1, 0.15) is 0 Å². The molecule has 146 valence electrons. The van der Waals surface area contributed by atoms with Gasteiger partial charge in [0.2, 0.25) is 5.88 Å². The first-order valence-electron chi connectivity index (χ1n) is 8.67. The Morgan fingerprint density at radius 3 is 2.43 bits per heavy atom. The highest BCUT2D eigenvalue weighted by molar-refractivity contribution is 7.99. The quantitative estimate of drug-likeness (QED) is 0.432. The fraction of sp³-hybridized carbons (Fsp3) is 0.238. The number of carbonyl (C=O) groups is 1. The maximum absolute atomic E-state index is 12.9. The summed E-state index contributed by atoms with van der Waals surface area (Å²) in [5, 5.41) is 5.32. The van der Waals surface area contributed by atoms with Crippen LogP contribution < -0.4 is 4.74 Å². The normalized spacial score (nSPS) is 11.5. The molecule has 0 atom stereocenters. The third-order valence-electron chi connectivity index (χ3n) is 3.90. The van der Waals surface area contributed by atoms with E-state index < -0.39 is 5.97 Å². The number of carbonyl (C=O) groups excluding carboxylic acids is 1. The van der Waals surface area contributed by atoms with Crippen LogP contribution in [0.5, 0.6) is 5.88 Å². The van der Waals surface area contributed by atoms with Gasteiger partial charge in [-0.05, 0) is 58.0 Å². The lowest BCUT2D eigenvalue weighted by molar-refractivity contribution is 0.0704. The van der Waals surface area contributed by atoms with E-state index in [1.807, 2.05) is 58.0 Å². The Morgan fingerprint density at radius 1 is 1.11 bits per heavy atom. The predicted molar refractivity (Wildman–Crippen MR) is 114 cm³/mol. The van der Waals surface area contributed by atoms with Gasteiger partial charge in [0.05, 0.1) is 26.7 Å². The predicted octanol–water partition coefficient (Wildman–Crippen LogP) is 6.62. The number of esters is 1. The van der Waals surface area contributed by atoms with Crippen molar-refractivity contribution in [2.75, 3.05) is 0 Å². The molecular formula is C21H20Cl2N2O2S. The molecule has 0 aliphatic rings. The second-order valence-electron chi connectivity index (χ2n) is 7.23. The van der Waals surface area contributed by atoms with Crippen LogP contribution in [-0.4, -0.2) is 15.7 Å². The lowest BCUT2D eigenvalue weighted by Gasteiger charge is -2.22. The molecule has 3 aromatic rings. The largest absolute Gasteiger partial charge is 0.403 e. The van der Waals surface area contributed by atoms with Crippen LogP contribution in [0.4, 0.5) is 0 Å². The maximum atomic E-state index is 12.9. The van der Waals surface area contributed by atoms with E-state index in [-0.39, 0.29) is 16.1 Å². The second-order valence-corrected chi connectivity index (χ2v) is 9.16. The molecule has 0 amide bonds. The summed E-state index contributed by atoms with van der Waals surface area (Å²) in [6.45, 7) is 7.90. The molecule has 0 aliphatic carbocycles. The molecule has 0 spiro atoms. The van der Waals surface area contributed by atoms with Crippen molar-refractivity contribution in [2.45, 2.75) is 43.0 Å². The lowest BCUT2D eigenvalue weighted by atomic mass is 10.1. The molecular weight excluding hydrogens is 415 g/mol. The summed E-state index contributed by atoms with van der Waals surface area (Å²) in [5.41, 5.74) is 0.612. The first-order valence-corrected chi connectivity index (χ1v) is 10.2. The van der Waals surface area contributed by atoms with E-state index in [1.54, 1.807) is 16.8 Å². The van der Waals surface area contributed by atoms with Gasteiger partial charge >= 0.3 is 5.97 Å². The van der Waals surface area contributed by atoms with Gasteiger partial charge in [0.15, 0.2) is 0 Å². The summed E-state index contributed by atoms with van der Waals surface area (Å²) in [7, 11) is 0. The Kier molecular flexibility index (Phi) is 6.08. The molecule has 0 N–H and O–H groups in total. The van der Waals surface area contributed by atoms with E-state index in [0.717, 1.165) is 15.5 Å². The Morgan fingerprint density at radius 2 is 1.79 bits per heavy atom. The fourth-order valence-corrected chi connectivity index (χ4v) is 3.86. The monoisotopic (exact) mass is 434 g/mol. The van der Waals surface area contributed by atoms with Gasteiger partial charge in [0.25, 0.3) is 0 Å². The highest BCUT2D eigenvalue weighted by atomic mass is 35.5. The van der Waals surface area contributed by atoms with Gasteiger partial charge in [-0.3, -0.25) is 0 Å². The summed E-state index contributed by atoms with van der Waals surface area (Å²) in [6.07, 6.45) is 0. The molecule has 0 unspecified atom stereocenters. The van der Waals surface area contributed by atoms with E-state index in [4.69, 9.17) is 27.9 Å². The Bertz CT molecular complexity index is 1010. The number of hydrogen-bond acceptors (Lipinski definition) is 4. The number of aryl methyl sites for hydroxylation is 1. The van der Waals surface area contributed by atoms with Crippen LogP contribution in [0.3, 0.4) is 0 Å². The molecule has 0 bridgehead atoms. The van der Waals surface area contributed by atoms with Gasteiger partial charge in [-0.15, -0.1) is 0 Å². The van der Waals surface area contributed by atoms with Crippen LogP contribution in [0.2, 0.25) is 10.0 Å². The number of halogens is 2. The fourth-order valence-electron chi connectivity index (χ4n) is 2.56. The Labute approximate surface area is 178 Å². The van der Waals surface area contributed by atoms with E-state index in [2.05, 4.69) is 5.10 Å². The van der Waals surface area contributed by atoms with Gasteiger partial charge in [-0.1, -0.05) is 53.2 Å². The molecule has 1 aromatic heterocycles. The third kappa shape index (κ3) is 4.54. The van der Waals surface area contributed by atoms with Crippen molar-refractivity contribution in [2.24, 2.45) is 0 Å². The van der Waals surface area contributed by atoms with Gasteiger partial charge < -0.3 is 4.74 Å². The minimum atomic E-state index is -0.576. The van der Waals surface area contributed by atoms with Gasteiger partial charge in [-0.25, -0.2) is 9.48 Å². The van der Waals surface area contributed by atoms with E-state index in [9.17, 15) is 4.79 Å². The van der Waals surface area contributed by atoms with E-state index >= 15 is 0 Å². The average Bonchev–Trinajstić information content (AvgIpc) is 2.94. The van der Waals surface area contributed by atoms with Crippen molar-refractivity contribution in [3.8, 4) is 5.88 Å². The third-order valence-corrected chi connectivity index (χ3v) is 5.65. The smallest absolute Gasteiger partial charge is 0.346 e. The van der Waals surface area contributed by atoms with Crippen molar-refractivity contribution >= 4 is 40.9 Å². The summed E-state index contributed by atoms with van der Waals surface area (Å²) < 4.78 is 7.54. The molecule has 0 fully saturated rings. The van der Waals surface area contributed by atoms with Crippen molar-refractivity contribution in [1.29, 1.82) is 0 Å². The van der Waals surface area contributed by atoms with E-state index in [0.29, 0.717) is 10.9 Å². The zero-order valence-corrected chi connectivity index (χ0v) is 18.3. The summed E-state index contributed by atoms with van der Waals surface area (Å²) in [4.78, 5) is 14.7. The summed E-state index contributed by atoms with van der Waals surface area (Å²) in [5.74, 6) is -0.187. The van der Waals surface area contributed by atoms with Crippen molar-refractivity contribution in [3.05, 3.63) is 69.8 Å². The van der Waals surface area contributed by atoms with Gasteiger partial charge in [-0.2, -0.15) is 5.10 Å². The minimum absolute atomic E-state index is 0.212. The second kappa shape index (κ2) is 8.19. The number of benzene rings is 2. The molecule has 2 aromatic carbocycles. The van der Waals surface area contributed by atoms with Crippen molar-refractivity contribution in [3.63, 3.8) is 0 Å². The van der Waals surface area contributed by atoms with Crippen molar-refractivity contribution in [1.82, 2.24) is 9.78 Å². The number of hydrogen-bond donors (Lipinski definition) is 0. The van der Waals surface area contributed by atoms with Crippen LogP contribution in [0.25, 0.3) is 0 Å². The van der Waals surface area contributed by atoms with Crippen LogP contribution in [0, 0.1) is 6.92 Å². The number of nitrogens with zero attached hydrogens (tertiary/aromatic N) is 2. The van der Waals surface area contributed by atoms with Gasteiger partial charge in [0, 0.05) is 9.92 Å². The van der Waals surface area contributed by atoms with Crippen LogP contribution >= 0.6 is 35.0 Å². The minimum Gasteiger partial charge on any atom is -0.403 e. The molecule has 0 radical (unpaired) electrons. The van der Waals surface area contributed by atoms with Crippen molar-refractivity contribution < 1.29 is 9.53 Å². The maximum Gasteiger partial charge on any atom is 0.346 e. The molecule has 7 heteroatoms. The zero-order valence-electron chi connectivity index (χ0n) is 16.0. The highest BCUT2D eigenvalue weighted by Gasteiger charge is 2.28. The topological polar surface area (TPSA) is 44.1 Å². The first kappa shape index (κ1) is 20.8. The molecule has 0 aliphatic heterocycles. The number of aromatic nitrogens is 2. The Hall–Kier alpha value is -1.95. The first-order chi connectivity index (χ1) is 13.2. The van der Waals surface area contributed by atoms with Crippen LogP contribution in [-0.2, 0) is 5.54 Å². The van der Waals surface area contributed by atoms with Crippen LogP contribution in [0.1, 0.15) is 36.8 Å². The molecule has 4 nitrogen and oxygen atoms in total. The SMILES string of the molecule is Cc1nn(C(C)(C)C)c(OC(=O)c2cc(Cl)ccc2Cl)c1Sc1ccccc1. The lowest BCUT2D eigenvalue weighted by Crippen LogP contribution is -2.25. The Balaban J connectivity index is 2.04. The summed E-state index contributed by atoms with van der Waals surface area (Å²) >= 11 is 13.7. The number of rotatable bonds is 4. The molecule has 3 rings (SSSR count). The molecule has 1 heterocycles.